The van der Waals surface area contributed by atoms with Gasteiger partial charge >= 0.3 is 0 Å². The van der Waals surface area contributed by atoms with Gasteiger partial charge in [0.2, 0.25) is 11.7 Å². The van der Waals surface area contributed by atoms with Gasteiger partial charge in [0.25, 0.3) is 0 Å². The van der Waals surface area contributed by atoms with Crippen LogP contribution in [0.5, 0.6) is 0 Å². The van der Waals surface area contributed by atoms with Gasteiger partial charge in [-0.3, -0.25) is 4.57 Å². The van der Waals surface area contributed by atoms with Crippen molar-refractivity contribution in [2.45, 2.75) is 24.4 Å². The lowest BCUT2D eigenvalue weighted by molar-refractivity contribution is 0.390. The Morgan fingerprint density at radius 1 is 1.08 bits per heavy atom. The Morgan fingerprint density at radius 2 is 1.88 bits per heavy atom. The van der Waals surface area contributed by atoms with Crippen molar-refractivity contribution in [3.63, 3.8) is 0 Å². The van der Waals surface area contributed by atoms with Crippen LogP contribution in [-0.2, 0) is 12.3 Å². The Hall–Kier alpha value is -2.81. The molecule has 4 aromatic rings. The molecule has 0 bridgehead atoms. The summed E-state index contributed by atoms with van der Waals surface area (Å²) in [4.78, 5) is 4.31. The molecule has 4 heterocycles. The van der Waals surface area contributed by atoms with E-state index in [0.29, 0.717) is 34.8 Å². The summed E-state index contributed by atoms with van der Waals surface area (Å²) in [5, 5.41) is 13.1. The number of nitrogens with zero attached hydrogens (tertiary/aromatic N) is 5. The highest BCUT2D eigenvalue weighted by molar-refractivity contribution is 7.98. The topological polar surface area (TPSA) is 95.9 Å². The molecular formula is C15H13N5O3S. The first-order valence-corrected chi connectivity index (χ1v) is 8.30. The molecule has 0 aliphatic heterocycles. The van der Waals surface area contributed by atoms with Crippen LogP contribution in [0.2, 0.25) is 0 Å². The fraction of sp³-hybridized carbons (Fsp3) is 0.200. The van der Waals surface area contributed by atoms with E-state index >= 15 is 0 Å². The molecule has 0 atom stereocenters. The monoisotopic (exact) mass is 343 g/mol. The smallest absolute Gasteiger partial charge is 0.238 e. The zero-order valence-corrected chi connectivity index (χ0v) is 13.6. The van der Waals surface area contributed by atoms with Crippen LogP contribution in [0.1, 0.15) is 12.8 Å². The molecule has 0 fully saturated rings. The third-order valence-corrected chi connectivity index (χ3v) is 4.26. The summed E-state index contributed by atoms with van der Waals surface area (Å²) in [6.07, 6.45) is 3.19. The number of aromatic nitrogens is 5. The van der Waals surface area contributed by atoms with Crippen molar-refractivity contribution in [1.82, 2.24) is 24.9 Å². The second kappa shape index (κ2) is 6.36. The first-order chi connectivity index (χ1) is 11.8. The minimum absolute atomic E-state index is 0.434. The molecule has 9 heteroatoms. The van der Waals surface area contributed by atoms with Crippen LogP contribution in [-0.4, -0.2) is 24.9 Å². The van der Waals surface area contributed by atoms with Gasteiger partial charge in [-0.1, -0.05) is 16.9 Å². The van der Waals surface area contributed by atoms with Crippen LogP contribution < -0.4 is 0 Å². The molecule has 0 unspecified atom stereocenters. The third kappa shape index (κ3) is 2.73. The molecule has 0 aliphatic carbocycles. The Labute approximate surface area is 140 Å². The summed E-state index contributed by atoms with van der Waals surface area (Å²) < 4.78 is 17.9. The van der Waals surface area contributed by atoms with Crippen molar-refractivity contribution in [1.29, 1.82) is 0 Å². The van der Waals surface area contributed by atoms with E-state index in [4.69, 9.17) is 13.4 Å². The van der Waals surface area contributed by atoms with Crippen molar-refractivity contribution in [3.05, 3.63) is 42.7 Å². The summed E-state index contributed by atoms with van der Waals surface area (Å²) >= 11 is 1.47. The van der Waals surface area contributed by atoms with E-state index in [1.807, 2.05) is 23.6 Å². The van der Waals surface area contributed by atoms with Crippen molar-refractivity contribution in [2.24, 2.45) is 0 Å². The van der Waals surface area contributed by atoms with Gasteiger partial charge in [0.1, 0.15) is 0 Å². The maximum absolute atomic E-state index is 5.40. The zero-order valence-electron chi connectivity index (χ0n) is 12.7. The Balaban J connectivity index is 1.50. The normalized spacial score (nSPS) is 11.2. The highest BCUT2D eigenvalue weighted by Crippen LogP contribution is 2.26. The molecule has 0 saturated carbocycles. The van der Waals surface area contributed by atoms with E-state index in [-0.39, 0.29) is 0 Å². The van der Waals surface area contributed by atoms with Gasteiger partial charge in [0.05, 0.1) is 18.3 Å². The summed E-state index contributed by atoms with van der Waals surface area (Å²) in [7, 11) is 0. The molecule has 0 radical (unpaired) electrons. The van der Waals surface area contributed by atoms with E-state index in [1.54, 1.807) is 24.7 Å². The SMILES string of the molecule is CCn1c(SCc2nc(-c3ccco3)no2)nnc1-c1ccco1. The first kappa shape index (κ1) is 14.8. The van der Waals surface area contributed by atoms with E-state index in [2.05, 4.69) is 20.3 Å². The summed E-state index contributed by atoms with van der Waals surface area (Å²) in [6, 6.07) is 7.24. The molecular weight excluding hydrogens is 330 g/mol. The fourth-order valence-corrected chi connectivity index (χ4v) is 3.05. The van der Waals surface area contributed by atoms with Crippen LogP contribution >= 0.6 is 11.8 Å². The van der Waals surface area contributed by atoms with Gasteiger partial charge in [-0.25, -0.2) is 0 Å². The van der Waals surface area contributed by atoms with Crippen molar-refractivity contribution >= 4 is 11.8 Å². The quantitative estimate of drug-likeness (QED) is 0.491. The van der Waals surface area contributed by atoms with Crippen LogP contribution in [0.3, 0.4) is 0 Å². The summed E-state index contributed by atoms with van der Waals surface area (Å²) in [6.45, 7) is 2.76. The Bertz CT molecular complexity index is 911. The second-order valence-corrected chi connectivity index (χ2v) is 5.75. The van der Waals surface area contributed by atoms with Crippen LogP contribution in [0.25, 0.3) is 23.2 Å². The van der Waals surface area contributed by atoms with Crippen molar-refractivity contribution in [2.75, 3.05) is 0 Å². The first-order valence-electron chi connectivity index (χ1n) is 7.31. The average molecular weight is 343 g/mol. The summed E-state index contributed by atoms with van der Waals surface area (Å²) in [5.41, 5.74) is 0. The second-order valence-electron chi connectivity index (χ2n) is 4.81. The van der Waals surface area contributed by atoms with Gasteiger partial charge in [0.15, 0.2) is 22.5 Å². The molecule has 0 spiro atoms. The third-order valence-electron chi connectivity index (χ3n) is 3.31. The van der Waals surface area contributed by atoms with Crippen molar-refractivity contribution < 1.29 is 13.4 Å². The zero-order chi connectivity index (χ0) is 16.4. The van der Waals surface area contributed by atoms with Gasteiger partial charge in [-0.05, 0) is 31.2 Å². The molecule has 24 heavy (non-hydrogen) atoms. The highest BCUT2D eigenvalue weighted by Gasteiger charge is 2.17. The number of hydrogen-bond donors (Lipinski definition) is 0. The van der Waals surface area contributed by atoms with Gasteiger partial charge in [0, 0.05) is 6.54 Å². The fourth-order valence-electron chi connectivity index (χ4n) is 2.21. The predicted molar refractivity (Wildman–Crippen MR) is 85.0 cm³/mol. The van der Waals surface area contributed by atoms with Crippen LogP contribution in [0, 0.1) is 0 Å². The minimum atomic E-state index is 0.434. The average Bonchev–Trinajstić information content (AvgIpc) is 3.40. The lowest BCUT2D eigenvalue weighted by atomic mass is 10.4. The Morgan fingerprint density at radius 3 is 2.58 bits per heavy atom. The molecule has 0 saturated heterocycles. The molecule has 0 amide bonds. The molecule has 0 aliphatic rings. The van der Waals surface area contributed by atoms with E-state index in [0.717, 1.165) is 11.7 Å². The Kier molecular flexibility index (Phi) is 3.91. The maximum Gasteiger partial charge on any atom is 0.238 e. The molecule has 0 aromatic carbocycles. The maximum atomic E-state index is 5.40. The number of thioether (sulfide) groups is 1. The lowest BCUT2D eigenvalue weighted by Gasteiger charge is -2.04. The molecule has 4 aromatic heterocycles. The van der Waals surface area contributed by atoms with Gasteiger partial charge in [-0.15, -0.1) is 10.2 Å². The van der Waals surface area contributed by atoms with E-state index in [9.17, 15) is 0 Å². The van der Waals surface area contributed by atoms with Crippen LogP contribution in [0.4, 0.5) is 0 Å². The number of furan rings is 2. The molecule has 122 valence electrons. The van der Waals surface area contributed by atoms with Crippen LogP contribution in [0.15, 0.2) is 55.3 Å². The minimum Gasteiger partial charge on any atom is -0.461 e. The predicted octanol–water partition coefficient (Wildman–Crippen LogP) is 3.49. The van der Waals surface area contributed by atoms with E-state index < -0.39 is 0 Å². The number of rotatable bonds is 6. The largest absolute Gasteiger partial charge is 0.461 e. The molecule has 4 rings (SSSR count). The van der Waals surface area contributed by atoms with E-state index in [1.165, 1.54) is 11.8 Å². The molecule has 0 N–H and O–H groups in total. The van der Waals surface area contributed by atoms with Crippen molar-refractivity contribution in [3.8, 4) is 23.2 Å². The lowest BCUT2D eigenvalue weighted by Crippen LogP contribution is -1.99. The molecule has 8 nitrogen and oxygen atoms in total. The number of hydrogen-bond acceptors (Lipinski definition) is 8. The van der Waals surface area contributed by atoms with Gasteiger partial charge in [-0.2, -0.15) is 4.98 Å². The summed E-state index contributed by atoms with van der Waals surface area (Å²) in [5.74, 6) is 3.39. The highest BCUT2D eigenvalue weighted by atomic mass is 32.2. The van der Waals surface area contributed by atoms with Gasteiger partial charge < -0.3 is 13.4 Å². The standard InChI is InChI=1S/C15H13N5O3S/c1-2-20-14(11-6-4-8-22-11)17-18-15(20)24-9-12-16-13(19-23-12)10-5-3-7-21-10/h3-8H,2,9H2,1H3.